The Bertz CT molecular complexity index is 780. The molecular formula is C20H27N3O3. The number of nitrogens with one attached hydrogen (secondary N) is 1. The number of hydrogen-bond donors (Lipinski definition) is 1. The van der Waals surface area contributed by atoms with E-state index < -0.39 is 0 Å². The summed E-state index contributed by atoms with van der Waals surface area (Å²) in [5.41, 5.74) is 2.86. The molecule has 0 radical (unpaired) electrons. The van der Waals surface area contributed by atoms with Crippen LogP contribution in [0.3, 0.4) is 0 Å². The Hall–Kier alpha value is -2.50. The molecular weight excluding hydrogens is 330 g/mol. The average Bonchev–Trinajstić information content (AvgIpc) is 3.00. The number of nitrogens with zero attached hydrogens (tertiary/aromatic N) is 2. The van der Waals surface area contributed by atoms with E-state index in [1.54, 1.807) is 6.92 Å². The van der Waals surface area contributed by atoms with E-state index in [-0.39, 0.29) is 30.6 Å². The van der Waals surface area contributed by atoms with Gasteiger partial charge in [0.2, 0.25) is 17.7 Å². The van der Waals surface area contributed by atoms with Crippen LogP contribution in [0, 0.1) is 26.7 Å². The number of hydrogen-bond acceptors (Lipinski definition) is 5. The van der Waals surface area contributed by atoms with Gasteiger partial charge in [0.05, 0.1) is 0 Å². The number of carbonyl (C=O) groups excluding carboxylic acids is 2. The Kier molecular flexibility index (Phi) is 6.66. The van der Waals surface area contributed by atoms with E-state index in [0.717, 1.165) is 11.1 Å². The molecule has 1 N–H and O–H groups in total. The van der Waals surface area contributed by atoms with Crippen molar-refractivity contribution in [1.29, 1.82) is 0 Å². The largest absolute Gasteiger partial charge is 0.423 e. The molecule has 0 bridgehead atoms. The van der Waals surface area contributed by atoms with E-state index in [4.69, 9.17) is 4.42 Å². The fraction of sp³-hybridized carbons (Fsp3) is 0.500. The molecule has 2 aromatic rings. The number of amides is 1. The lowest BCUT2D eigenvalue weighted by Gasteiger charge is -2.17. The van der Waals surface area contributed by atoms with Crippen LogP contribution in [0.5, 0.6) is 0 Å². The van der Waals surface area contributed by atoms with Gasteiger partial charge in [-0.25, -0.2) is 0 Å². The minimum absolute atomic E-state index is 0.0303. The fourth-order valence-corrected chi connectivity index (χ4v) is 2.70. The minimum Gasteiger partial charge on any atom is -0.423 e. The van der Waals surface area contributed by atoms with Gasteiger partial charge >= 0.3 is 0 Å². The summed E-state index contributed by atoms with van der Waals surface area (Å²) in [6.07, 6.45) is 0.998. The number of Topliss-reactive ketones (excluding diaryl/α,β-unsaturated/α-hetero) is 1. The second-order valence-corrected chi connectivity index (χ2v) is 7.13. The van der Waals surface area contributed by atoms with E-state index >= 15 is 0 Å². The van der Waals surface area contributed by atoms with Crippen LogP contribution in [0.1, 0.15) is 72.4 Å². The van der Waals surface area contributed by atoms with E-state index in [2.05, 4.69) is 29.4 Å². The lowest BCUT2D eigenvalue weighted by atomic mass is 10.0. The van der Waals surface area contributed by atoms with E-state index in [9.17, 15) is 9.59 Å². The standard InChI is InChI=1S/C20H27N3O3/c1-12(2)10-17(20-23-22-15(5)26-20)21-19(25)9-8-18(24)16-7-6-13(3)14(4)11-16/h6-7,11-12,17H,8-10H2,1-5H3,(H,21,25). The number of aromatic nitrogens is 2. The Morgan fingerprint density at radius 1 is 1.08 bits per heavy atom. The summed E-state index contributed by atoms with van der Waals surface area (Å²) in [5, 5.41) is 10.8. The summed E-state index contributed by atoms with van der Waals surface area (Å²) in [5.74, 6) is 1.00. The Balaban J connectivity index is 1.94. The molecule has 6 heteroatoms. The SMILES string of the molecule is Cc1nnc(C(CC(C)C)NC(=O)CCC(=O)c2ccc(C)c(C)c2)o1. The van der Waals surface area contributed by atoms with Gasteiger partial charge in [-0.15, -0.1) is 10.2 Å². The van der Waals surface area contributed by atoms with Crippen LogP contribution in [0.25, 0.3) is 0 Å². The van der Waals surface area contributed by atoms with Gasteiger partial charge in [-0.2, -0.15) is 0 Å². The average molecular weight is 357 g/mol. The second-order valence-electron chi connectivity index (χ2n) is 7.13. The quantitative estimate of drug-likeness (QED) is 0.725. The Morgan fingerprint density at radius 2 is 1.81 bits per heavy atom. The zero-order chi connectivity index (χ0) is 19.3. The summed E-state index contributed by atoms with van der Waals surface area (Å²) >= 11 is 0. The van der Waals surface area contributed by atoms with Gasteiger partial charge in [-0.1, -0.05) is 26.0 Å². The molecule has 0 aliphatic rings. The summed E-state index contributed by atoms with van der Waals surface area (Å²) in [7, 11) is 0. The number of rotatable bonds is 8. The molecule has 0 aliphatic heterocycles. The molecule has 1 unspecified atom stereocenters. The van der Waals surface area contributed by atoms with Crippen molar-refractivity contribution in [2.24, 2.45) is 5.92 Å². The first kappa shape index (κ1) is 19.8. The van der Waals surface area contributed by atoms with Crippen LogP contribution in [0.2, 0.25) is 0 Å². The zero-order valence-corrected chi connectivity index (χ0v) is 16.1. The molecule has 2 rings (SSSR count). The lowest BCUT2D eigenvalue weighted by Crippen LogP contribution is -2.30. The highest BCUT2D eigenvalue weighted by molar-refractivity contribution is 5.98. The predicted molar refractivity (Wildman–Crippen MR) is 98.9 cm³/mol. The third kappa shape index (κ3) is 5.51. The van der Waals surface area contributed by atoms with Crippen molar-refractivity contribution in [2.75, 3.05) is 0 Å². The van der Waals surface area contributed by atoms with Crippen LogP contribution in [0.4, 0.5) is 0 Å². The first-order valence-electron chi connectivity index (χ1n) is 8.96. The van der Waals surface area contributed by atoms with Crippen molar-refractivity contribution in [1.82, 2.24) is 15.5 Å². The molecule has 26 heavy (non-hydrogen) atoms. The zero-order valence-electron chi connectivity index (χ0n) is 16.1. The van der Waals surface area contributed by atoms with Crippen molar-refractivity contribution in [3.05, 3.63) is 46.7 Å². The topological polar surface area (TPSA) is 85.1 Å². The summed E-state index contributed by atoms with van der Waals surface area (Å²) in [6.45, 7) is 9.82. The van der Waals surface area contributed by atoms with Crippen molar-refractivity contribution < 1.29 is 14.0 Å². The van der Waals surface area contributed by atoms with Crippen LogP contribution < -0.4 is 5.32 Å². The third-order valence-corrected chi connectivity index (χ3v) is 4.29. The molecule has 1 heterocycles. The molecule has 1 aromatic heterocycles. The Labute approximate surface area is 154 Å². The van der Waals surface area contributed by atoms with Crippen molar-refractivity contribution in [3.8, 4) is 0 Å². The number of aryl methyl sites for hydroxylation is 3. The van der Waals surface area contributed by atoms with E-state index in [1.165, 1.54) is 0 Å². The molecule has 140 valence electrons. The van der Waals surface area contributed by atoms with Gasteiger partial charge in [0.15, 0.2) is 5.78 Å². The highest BCUT2D eigenvalue weighted by atomic mass is 16.4. The predicted octanol–water partition coefficient (Wildman–Crippen LogP) is 3.86. The third-order valence-electron chi connectivity index (χ3n) is 4.29. The van der Waals surface area contributed by atoms with Crippen LogP contribution in [-0.4, -0.2) is 21.9 Å². The smallest absolute Gasteiger partial charge is 0.238 e. The summed E-state index contributed by atoms with van der Waals surface area (Å²) in [4.78, 5) is 24.6. The monoisotopic (exact) mass is 357 g/mol. The molecule has 0 saturated carbocycles. The highest BCUT2D eigenvalue weighted by Crippen LogP contribution is 2.20. The first-order valence-corrected chi connectivity index (χ1v) is 8.96. The number of ketones is 1. The number of carbonyl (C=O) groups is 2. The van der Waals surface area contributed by atoms with Crippen molar-refractivity contribution >= 4 is 11.7 Å². The minimum atomic E-state index is -0.333. The van der Waals surface area contributed by atoms with Crippen molar-refractivity contribution in [2.45, 2.75) is 59.9 Å². The highest BCUT2D eigenvalue weighted by Gasteiger charge is 2.22. The molecule has 0 saturated heterocycles. The lowest BCUT2D eigenvalue weighted by molar-refractivity contribution is -0.122. The fourth-order valence-electron chi connectivity index (χ4n) is 2.70. The number of benzene rings is 1. The van der Waals surface area contributed by atoms with Crippen LogP contribution in [-0.2, 0) is 4.79 Å². The van der Waals surface area contributed by atoms with E-state index in [1.807, 2.05) is 32.0 Å². The van der Waals surface area contributed by atoms with Crippen LogP contribution >= 0.6 is 0 Å². The van der Waals surface area contributed by atoms with Gasteiger partial charge in [0.25, 0.3) is 0 Å². The van der Waals surface area contributed by atoms with Gasteiger partial charge < -0.3 is 9.73 Å². The molecule has 1 amide bonds. The van der Waals surface area contributed by atoms with Crippen molar-refractivity contribution in [3.63, 3.8) is 0 Å². The second kappa shape index (κ2) is 8.74. The first-order chi connectivity index (χ1) is 12.3. The maximum atomic E-state index is 12.3. The molecule has 0 fully saturated rings. The van der Waals surface area contributed by atoms with Gasteiger partial charge in [-0.05, 0) is 43.4 Å². The maximum Gasteiger partial charge on any atom is 0.238 e. The Morgan fingerprint density at radius 3 is 2.38 bits per heavy atom. The van der Waals surface area contributed by atoms with Gasteiger partial charge in [0.1, 0.15) is 6.04 Å². The summed E-state index contributed by atoms with van der Waals surface area (Å²) in [6, 6.07) is 5.28. The molecule has 0 spiro atoms. The molecule has 1 atom stereocenters. The summed E-state index contributed by atoms with van der Waals surface area (Å²) < 4.78 is 5.46. The van der Waals surface area contributed by atoms with Gasteiger partial charge in [0, 0.05) is 25.3 Å². The van der Waals surface area contributed by atoms with Crippen LogP contribution in [0.15, 0.2) is 22.6 Å². The molecule has 0 aliphatic carbocycles. The normalized spacial score (nSPS) is 12.2. The maximum absolute atomic E-state index is 12.3. The molecule has 1 aromatic carbocycles. The molecule has 6 nitrogen and oxygen atoms in total. The van der Waals surface area contributed by atoms with Gasteiger partial charge in [-0.3, -0.25) is 9.59 Å². The van der Waals surface area contributed by atoms with E-state index in [0.29, 0.717) is 29.7 Å².